The van der Waals surface area contributed by atoms with Gasteiger partial charge in [-0.25, -0.2) is 0 Å². The Hall–Kier alpha value is -0.670. The summed E-state index contributed by atoms with van der Waals surface area (Å²) in [6.45, 7) is 1.71. The molecule has 0 aromatic heterocycles. The van der Waals surface area contributed by atoms with Crippen LogP contribution < -0.4 is 5.32 Å². The fourth-order valence-electron chi connectivity index (χ4n) is 1.87. The molecule has 0 aliphatic carbocycles. The number of nitrogens with one attached hydrogen (secondary N) is 1. The molecule has 1 atom stereocenters. The van der Waals surface area contributed by atoms with E-state index in [-0.39, 0.29) is 4.87 Å². The van der Waals surface area contributed by atoms with Crippen molar-refractivity contribution in [3.63, 3.8) is 0 Å². The molecule has 0 radical (unpaired) electrons. The van der Waals surface area contributed by atoms with Crippen LogP contribution in [0.2, 0.25) is 0 Å². The van der Waals surface area contributed by atoms with Gasteiger partial charge in [0.1, 0.15) is 4.87 Å². The molecule has 1 spiro atoms. The minimum absolute atomic E-state index is 0.143. The van der Waals surface area contributed by atoms with E-state index >= 15 is 0 Å². The first-order valence-corrected chi connectivity index (χ1v) is 5.34. The van der Waals surface area contributed by atoms with Crippen molar-refractivity contribution in [2.75, 3.05) is 18.5 Å². The molecule has 13 heavy (non-hydrogen) atoms. The van der Waals surface area contributed by atoms with Crippen LogP contribution in [0.4, 0.5) is 5.69 Å². The summed E-state index contributed by atoms with van der Waals surface area (Å²) in [6.07, 6.45) is 1.10. The topological polar surface area (TPSA) is 21.3 Å². The van der Waals surface area contributed by atoms with Crippen molar-refractivity contribution in [2.45, 2.75) is 16.2 Å². The number of anilines is 1. The van der Waals surface area contributed by atoms with E-state index in [1.54, 1.807) is 0 Å². The molecule has 1 saturated heterocycles. The Morgan fingerprint density at radius 1 is 1.38 bits per heavy atom. The Morgan fingerprint density at radius 3 is 3.08 bits per heavy atom. The average Bonchev–Trinajstić information content (AvgIpc) is 2.72. The molecule has 0 saturated carbocycles. The van der Waals surface area contributed by atoms with E-state index in [0.29, 0.717) is 0 Å². The summed E-state index contributed by atoms with van der Waals surface area (Å²) in [5.74, 6) is 0. The third-order valence-corrected chi connectivity index (χ3v) is 3.93. The second-order valence-electron chi connectivity index (χ2n) is 3.52. The van der Waals surface area contributed by atoms with Crippen molar-refractivity contribution in [3.05, 3.63) is 24.3 Å². The number of ether oxygens (including phenoxy) is 1. The van der Waals surface area contributed by atoms with Gasteiger partial charge < -0.3 is 10.1 Å². The zero-order valence-corrected chi connectivity index (χ0v) is 8.06. The van der Waals surface area contributed by atoms with Crippen LogP contribution in [0.1, 0.15) is 6.42 Å². The lowest BCUT2D eigenvalue weighted by atomic mass is 10.2. The third kappa shape index (κ3) is 1.15. The maximum Gasteiger partial charge on any atom is 0.114 e. The van der Waals surface area contributed by atoms with E-state index in [1.807, 2.05) is 11.8 Å². The second kappa shape index (κ2) is 2.66. The standard InChI is InChI=1S/C10H11NOS/c1-2-4-9-8(3-1)11-10(13-9)5-6-12-7-10/h1-4,11H,5-7H2. The molecule has 1 aromatic rings. The van der Waals surface area contributed by atoms with Gasteiger partial charge in [0.2, 0.25) is 0 Å². The van der Waals surface area contributed by atoms with E-state index in [0.717, 1.165) is 19.6 Å². The van der Waals surface area contributed by atoms with E-state index in [2.05, 4.69) is 29.6 Å². The van der Waals surface area contributed by atoms with Gasteiger partial charge in [-0.1, -0.05) is 23.9 Å². The zero-order valence-electron chi connectivity index (χ0n) is 7.25. The van der Waals surface area contributed by atoms with E-state index in [9.17, 15) is 0 Å². The Bertz CT molecular complexity index is 306. The van der Waals surface area contributed by atoms with E-state index in [4.69, 9.17) is 4.74 Å². The van der Waals surface area contributed by atoms with Crippen LogP contribution in [0.15, 0.2) is 29.2 Å². The molecule has 2 aliphatic rings. The smallest absolute Gasteiger partial charge is 0.114 e. The highest BCUT2D eigenvalue weighted by molar-refractivity contribution is 8.01. The predicted molar refractivity (Wildman–Crippen MR) is 54.1 cm³/mol. The van der Waals surface area contributed by atoms with Crippen molar-refractivity contribution in [3.8, 4) is 0 Å². The van der Waals surface area contributed by atoms with Gasteiger partial charge in [0, 0.05) is 23.6 Å². The fourth-order valence-corrected chi connectivity index (χ4v) is 3.15. The molecule has 2 aliphatic heterocycles. The van der Waals surface area contributed by atoms with Crippen LogP contribution in [0.25, 0.3) is 0 Å². The quantitative estimate of drug-likeness (QED) is 0.683. The largest absolute Gasteiger partial charge is 0.378 e. The van der Waals surface area contributed by atoms with Crippen LogP contribution in [0.5, 0.6) is 0 Å². The Kier molecular flexibility index (Phi) is 1.58. The molecule has 0 amide bonds. The van der Waals surface area contributed by atoms with Crippen molar-refractivity contribution >= 4 is 17.4 Å². The molecule has 1 unspecified atom stereocenters. The van der Waals surface area contributed by atoms with Crippen LogP contribution in [-0.4, -0.2) is 18.1 Å². The molecule has 2 heterocycles. The lowest BCUT2D eigenvalue weighted by Crippen LogP contribution is -2.30. The lowest BCUT2D eigenvalue weighted by Gasteiger charge is -2.20. The van der Waals surface area contributed by atoms with Crippen LogP contribution in [0.3, 0.4) is 0 Å². The van der Waals surface area contributed by atoms with Crippen LogP contribution in [0, 0.1) is 0 Å². The van der Waals surface area contributed by atoms with Gasteiger partial charge in [-0.3, -0.25) is 0 Å². The van der Waals surface area contributed by atoms with Crippen molar-refractivity contribution in [1.29, 1.82) is 0 Å². The zero-order chi connectivity index (χ0) is 8.73. The number of hydrogen-bond acceptors (Lipinski definition) is 3. The number of thioether (sulfide) groups is 1. The number of para-hydroxylation sites is 1. The highest BCUT2D eigenvalue weighted by Gasteiger charge is 2.40. The van der Waals surface area contributed by atoms with Gasteiger partial charge in [-0.2, -0.15) is 0 Å². The molecule has 0 bridgehead atoms. The number of hydrogen-bond donors (Lipinski definition) is 1. The van der Waals surface area contributed by atoms with Gasteiger partial charge in [-0.15, -0.1) is 0 Å². The van der Waals surface area contributed by atoms with E-state index < -0.39 is 0 Å². The number of rotatable bonds is 0. The maximum absolute atomic E-state index is 5.43. The molecule has 68 valence electrons. The summed E-state index contributed by atoms with van der Waals surface area (Å²) in [5, 5.41) is 3.55. The summed E-state index contributed by atoms with van der Waals surface area (Å²) < 4.78 is 5.43. The number of benzene rings is 1. The second-order valence-corrected chi connectivity index (χ2v) is 4.95. The minimum Gasteiger partial charge on any atom is -0.378 e. The molecule has 1 fully saturated rings. The van der Waals surface area contributed by atoms with Gasteiger partial charge in [0.05, 0.1) is 6.61 Å². The van der Waals surface area contributed by atoms with Crippen molar-refractivity contribution in [2.24, 2.45) is 0 Å². The lowest BCUT2D eigenvalue weighted by molar-refractivity contribution is 0.193. The maximum atomic E-state index is 5.43. The molecule has 2 nitrogen and oxygen atoms in total. The summed E-state index contributed by atoms with van der Waals surface area (Å²) in [6, 6.07) is 8.46. The highest BCUT2D eigenvalue weighted by atomic mass is 32.2. The van der Waals surface area contributed by atoms with E-state index in [1.165, 1.54) is 10.6 Å². The molecular formula is C10H11NOS. The van der Waals surface area contributed by atoms with Gasteiger partial charge in [-0.05, 0) is 12.1 Å². The van der Waals surface area contributed by atoms with Crippen molar-refractivity contribution < 1.29 is 4.74 Å². The third-order valence-electron chi connectivity index (χ3n) is 2.54. The summed E-state index contributed by atoms with van der Waals surface area (Å²) >= 11 is 1.91. The molecular weight excluding hydrogens is 182 g/mol. The molecule has 1 N–H and O–H groups in total. The summed E-state index contributed by atoms with van der Waals surface area (Å²) in [7, 11) is 0. The highest BCUT2D eigenvalue weighted by Crippen LogP contribution is 2.48. The van der Waals surface area contributed by atoms with Gasteiger partial charge >= 0.3 is 0 Å². The summed E-state index contributed by atoms with van der Waals surface area (Å²) in [4.78, 5) is 1.50. The van der Waals surface area contributed by atoms with Crippen LogP contribution >= 0.6 is 11.8 Å². The normalized spacial score (nSPS) is 30.5. The molecule has 3 rings (SSSR count). The van der Waals surface area contributed by atoms with Gasteiger partial charge in [0.25, 0.3) is 0 Å². The average molecular weight is 193 g/mol. The van der Waals surface area contributed by atoms with Crippen molar-refractivity contribution in [1.82, 2.24) is 0 Å². The first kappa shape index (κ1) is 7.71. The Morgan fingerprint density at radius 2 is 2.31 bits per heavy atom. The Labute approximate surface area is 81.7 Å². The van der Waals surface area contributed by atoms with Gasteiger partial charge in [0.15, 0.2) is 0 Å². The number of fused-ring (bicyclic) bond motifs is 1. The Balaban J connectivity index is 1.96. The first-order valence-electron chi connectivity index (χ1n) is 4.52. The fraction of sp³-hybridized carbons (Fsp3) is 0.400. The molecule has 1 aromatic carbocycles. The molecule has 3 heteroatoms. The summed E-state index contributed by atoms with van der Waals surface area (Å²) in [5.41, 5.74) is 1.26. The predicted octanol–water partition coefficient (Wildman–Crippen LogP) is 2.32. The first-order chi connectivity index (χ1) is 6.38. The van der Waals surface area contributed by atoms with Crippen LogP contribution in [-0.2, 0) is 4.74 Å². The minimum atomic E-state index is 0.143. The SMILES string of the molecule is c1ccc2c(c1)NC1(CCOC1)S2. The monoisotopic (exact) mass is 193 g/mol.